The van der Waals surface area contributed by atoms with E-state index in [1.165, 1.54) is 25.7 Å². The molecule has 19 heavy (non-hydrogen) atoms. The first kappa shape index (κ1) is 14.4. The lowest BCUT2D eigenvalue weighted by Gasteiger charge is -2.28. The van der Waals surface area contributed by atoms with Crippen LogP contribution in [-0.2, 0) is 0 Å². The van der Waals surface area contributed by atoms with E-state index >= 15 is 0 Å². The summed E-state index contributed by atoms with van der Waals surface area (Å²) in [5.41, 5.74) is 0. The second-order valence-corrected chi connectivity index (χ2v) is 6.21. The molecule has 5 heteroatoms. The highest BCUT2D eigenvalue weighted by atomic mass is 32.2. The molecule has 0 aliphatic heterocycles. The predicted molar refractivity (Wildman–Crippen MR) is 84.1 cm³/mol. The molecule has 0 radical (unpaired) electrons. The van der Waals surface area contributed by atoms with E-state index in [0.717, 1.165) is 29.3 Å². The van der Waals surface area contributed by atoms with Crippen LogP contribution in [0.5, 0.6) is 0 Å². The average molecular weight is 280 g/mol. The van der Waals surface area contributed by atoms with Crippen molar-refractivity contribution in [2.24, 2.45) is 0 Å². The zero-order valence-corrected chi connectivity index (χ0v) is 12.9. The van der Waals surface area contributed by atoms with Crippen molar-refractivity contribution in [1.82, 2.24) is 9.97 Å². The molecule has 106 valence electrons. The lowest BCUT2D eigenvalue weighted by Crippen LogP contribution is -2.27. The van der Waals surface area contributed by atoms with Gasteiger partial charge < -0.3 is 10.6 Å². The maximum atomic E-state index is 4.48. The van der Waals surface area contributed by atoms with Gasteiger partial charge in [0.15, 0.2) is 0 Å². The van der Waals surface area contributed by atoms with E-state index in [0.29, 0.717) is 6.04 Å². The number of aromatic nitrogens is 2. The second-order valence-electron chi connectivity index (χ2n) is 5.07. The molecule has 4 nitrogen and oxygen atoms in total. The summed E-state index contributed by atoms with van der Waals surface area (Å²) < 4.78 is 0. The number of aryl methyl sites for hydroxylation is 1. The smallest absolute Gasteiger partial charge is 0.132 e. The quantitative estimate of drug-likeness (QED) is 0.866. The minimum atomic E-state index is 0.562. The van der Waals surface area contributed by atoms with Gasteiger partial charge in [0.05, 0.1) is 0 Å². The third-order valence-electron chi connectivity index (χ3n) is 3.56. The van der Waals surface area contributed by atoms with Crippen molar-refractivity contribution in [2.75, 3.05) is 23.4 Å². The molecule has 2 rings (SSSR count). The van der Waals surface area contributed by atoms with Crippen molar-refractivity contribution in [3.8, 4) is 0 Å². The van der Waals surface area contributed by atoms with Gasteiger partial charge in [0, 0.05) is 23.9 Å². The number of rotatable bonds is 5. The van der Waals surface area contributed by atoms with Crippen LogP contribution in [0.15, 0.2) is 6.07 Å². The van der Waals surface area contributed by atoms with Crippen LogP contribution in [0.2, 0.25) is 0 Å². The summed E-state index contributed by atoms with van der Waals surface area (Å²) in [6.07, 6.45) is 7.32. The van der Waals surface area contributed by atoms with Gasteiger partial charge in [-0.1, -0.05) is 0 Å². The fraction of sp³-hybridized carbons (Fsp3) is 0.714. The minimum absolute atomic E-state index is 0.562. The molecular formula is C14H24N4S. The Balaban J connectivity index is 1.95. The molecule has 0 bridgehead atoms. The first-order chi connectivity index (χ1) is 9.21. The third kappa shape index (κ3) is 4.27. The summed E-state index contributed by atoms with van der Waals surface area (Å²) in [4.78, 5) is 8.86. The first-order valence-electron chi connectivity index (χ1n) is 7.10. The van der Waals surface area contributed by atoms with Crippen molar-refractivity contribution in [3.05, 3.63) is 11.9 Å². The van der Waals surface area contributed by atoms with Crippen molar-refractivity contribution in [3.63, 3.8) is 0 Å². The van der Waals surface area contributed by atoms with Crippen molar-refractivity contribution < 1.29 is 0 Å². The predicted octanol–water partition coefficient (Wildman–Crippen LogP) is 3.30. The molecule has 1 fully saturated rings. The highest BCUT2D eigenvalue weighted by Crippen LogP contribution is 2.28. The SMILES string of the molecule is CCNc1cc(NC2CCC(SC)CC2)nc(C)n1. The Morgan fingerprint density at radius 2 is 1.89 bits per heavy atom. The topological polar surface area (TPSA) is 49.8 Å². The highest BCUT2D eigenvalue weighted by Gasteiger charge is 2.20. The molecule has 1 aliphatic carbocycles. The highest BCUT2D eigenvalue weighted by molar-refractivity contribution is 7.99. The van der Waals surface area contributed by atoms with Gasteiger partial charge in [-0.05, 0) is 45.8 Å². The molecule has 1 aromatic heterocycles. The van der Waals surface area contributed by atoms with Crippen LogP contribution in [0.25, 0.3) is 0 Å². The van der Waals surface area contributed by atoms with E-state index in [1.807, 2.05) is 24.8 Å². The summed E-state index contributed by atoms with van der Waals surface area (Å²) in [5.74, 6) is 2.69. The van der Waals surface area contributed by atoms with Crippen LogP contribution < -0.4 is 10.6 Å². The first-order valence-corrected chi connectivity index (χ1v) is 8.39. The zero-order chi connectivity index (χ0) is 13.7. The van der Waals surface area contributed by atoms with E-state index in [4.69, 9.17) is 0 Å². The van der Waals surface area contributed by atoms with Crippen LogP contribution >= 0.6 is 11.8 Å². The van der Waals surface area contributed by atoms with Gasteiger partial charge in [-0.2, -0.15) is 11.8 Å². The largest absolute Gasteiger partial charge is 0.370 e. The fourth-order valence-corrected chi connectivity index (χ4v) is 3.31. The van der Waals surface area contributed by atoms with Crippen molar-refractivity contribution in [2.45, 2.75) is 50.8 Å². The number of nitrogens with one attached hydrogen (secondary N) is 2. The number of hydrogen-bond donors (Lipinski definition) is 2. The minimum Gasteiger partial charge on any atom is -0.370 e. The fourth-order valence-electron chi connectivity index (χ4n) is 2.57. The third-order valence-corrected chi connectivity index (χ3v) is 4.69. The average Bonchev–Trinajstić information content (AvgIpc) is 2.39. The lowest BCUT2D eigenvalue weighted by atomic mass is 9.95. The molecule has 1 heterocycles. The molecule has 1 aliphatic rings. The van der Waals surface area contributed by atoms with E-state index < -0.39 is 0 Å². The second kappa shape index (κ2) is 6.98. The lowest BCUT2D eigenvalue weighted by molar-refractivity contribution is 0.472. The standard InChI is InChI=1S/C14H24N4S/c1-4-15-13-9-14(17-10(2)16-13)18-11-5-7-12(19-3)8-6-11/h9,11-12H,4-8H2,1-3H3,(H2,15,16,17,18). The number of hydrogen-bond acceptors (Lipinski definition) is 5. The van der Waals surface area contributed by atoms with Crippen molar-refractivity contribution >= 4 is 23.4 Å². The molecule has 1 saturated carbocycles. The number of thioether (sulfide) groups is 1. The van der Waals surface area contributed by atoms with Crippen LogP contribution in [0, 0.1) is 6.92 Å². The van der Waals surface area contributed by atoms with E-state index in [9.17, 15) is 0 Å². The Bertz CT molecular complexity index is 402. The Morgan fingerprint density at radius 1 is 1.21 bits per heavy atom. The molecule has 0 atom stereocenters. The van der Waals surface area contributed by atoms with Crippen LogP contribution in [0.4, 0.5) is 11.6 Å². The maximum Gasteiger partial charge on any atom is 0.132 e. The van der Waals surface area contributed by atoms with Crippen LogP contribution in [0.3, 0.4) is 0 Å². The molecule has 0 unspecified atom stereocenters. The van der Waals surface area contributed by atoms with E-state index in [1.54, 1.807) is 0 Å². The van der Waals surface area contributed by atoms with Gasteiger partial charge in [0.1, 0.15) is 17.5 Å². The summed E-state index contributed by atoms with van der Waals surface area (Å²) in [6, 6.07) is 2.57. The monoisotopic (exact) mass is 280 g/mol. The summed E-state index contributed by atoms with van der Waals surface area (Å²) >= 11 is 2.00. The van der Waals surface area contributed by atoms with Gasteiger partial charge in [-0.15, -0.1) is 0 Å². The summed E-state index contributed by atoms with van der Waals surface area (Å²) in [5, 5.41) is 7.66. The van der Waals surface area contributed by atoms with Crippen LogP contribution in [-0.4, -0.2) is 34.1 Å². The summed E-state index contributed by atoms with van der Waals surface area (Å²) in [6.45, 7) is 4.90. The Labute approximate surface area is 120 Å². The molecular weight excluding hydrogens is 256 g/mol. The van der Waals surface area contributed by atoms with Gasteiger partial charge >= 0.3 is 0 Å². The molecule has 0 saturated heterocycles. The molecule has 2 N–H and O–H groups in total. The normalized spacial score (nSPS) is 23.1. The van der Waals surface area contributed by atoms with Gasteiger partial charge in [0.2, 0.25) is 0 Å². The van der Waals surface area contributed by atoms with Crippen molar-refractivity contribution in [1.29, 1.82) is 0 Å². The molecule has 0 aromatic carbocycles. The Morgan fingerprint density at radius 3 is 2.53 bits per heavy atom. The zero-order valence-electron chi connectivity index (χ0n) is 12.1. The van der Waals surface area contributed by atoms with Crippen LogP contribution in [0.1, 0.15) is 38.4 Å². The van der Waals surface area contributed by atoms with Gasteiger partial charge in [-0.3, -0.25) is 0 Å². The van der Waals surface area contributed by atoms with Gasteiger partial charge in [-0.25, -0.2) is 9.97 Å². The number of anilines is 2. The number of nitrogens with zero attached hydrogens (tertiary/aromatic N) is 2. The molecule has 0 amide bonds. The van der Waals surface area contributed by atoms with E-state index in [2.05, 4.69) is 33.8 Å². The van der Waals surface area contributed by atoms with Gasteiger partial charge in [0.25, 0.3) is 0 Å². The van der Waals surface area contributed by atoms with E-state index in [-0.39, 0.29) is 0 Å². The maximum absolute atomic E-state index is 4.48. The molecule has 0 spiro atoms. The summed E-state index contributed by atoms with van der Waals surface area (Å²) in [7, 11) is 0. The molecule has 1 aromatic rings. The Hall–Kier alpha value is -0.970. The Kier molecular flexibility index (Phi) is 5.31.